The van der Waals surface area contributed by atoms with Gasteiger partial charge in [-0.15, -0.1) is 0 Å². The number of benzene rings is 1. The van der Waals surface area contributed by atoms with Crippen LogP contribution in [0.3, 0.4) is 0 Å². The molecular weight excluding hydrogens is 528 g/mol. The molecule has 2 aromatic rings. The van der Waals surface area contributed by atoms with Crippen molar-refractivity contribution in [3.63, 3.8) is 0 Å². The molecule has 1 aromatic heterocycles. The molecule has 1 fully saturated rings. The Kier molecular flexibility index (Phi) is 7.89. The smallest absolute Gasteiger partial charge is 0.379 e. The minimum atomic E-state index is -2.29. The normalized spacial score (nSPS) is 27.1. The topological polar surface area (TPSA) is 171 Å². The van der Waals surface area contributed by atoms with Gasteiger partial charge in [-0.25, -0.2) is 4.79 Å². The fraction of sp³-hybridized carbons (Fsp3) is 0.500. The maximum absolute atomic E-state index is 12.9. The van der Waals surface area contributed by atoms with Crippen LogP contribution in [-0.2, 0) is 19.1 Å². The van der Waals surface area contributed by atoms with Gasteiger partial charge in [0.05, 0.1) is 48.2 Å². The maximum atomic E-state index is 12.9. The Morgan fingerprint density at radius 2 is 2.12 bits per heavy atom. The van der Waals surface area contributed by atoms with Crippen LogP contribution in [0.5, 0.6) is 5.75 Å². The third-order valence-corrected chi connectivity index (χ3v) is 6.61. The Hall–Kier alpha value is -1.93. The van der Waals surface area contributed by atoms with Crippen molar-refractivity contribution < 1.29 is 44.2 Å². The Labute approximate surface area is 201 Å². The van der Waals surface area contributed by atoms with Crippen LogP contribution in [0.2, 0.25) is 5.02 Å². The summed E-state index contributed by atoms with van der Waals surface area (Å²) in [4.78, 5) is 27.5. The quantitative estimate of drug-likeness (QED) is 0.263. The highest BCUT2D eigenvalue weighted by Crippen LogP contribution is 2.41. The molecule has 1 aromatic carbocycles. The second-order valence-electron chi connectivity index (χ2n) is 7.60. The second kappa shape index (κ2) is 10.1. The van der Waals surface area contributed by atoms with E-state index in [0.717, 1.165) is 7.11 Å². The van der Waals surface area contributed by atoms with E-state index in [9.17, 15) is 30.0 Å². The standard InChI is InChI=1S/C20H24BrClN2O9/c1-8(26)24-16-11(27)5-20(19(30)31-2,33-18(16)17(29)12(28)7-25)32-13-6-23-10-4-3-9(21)15(22)14(10)13/h3-4,6,11-12,16-18,23,25,27-29H,5,7H2,1-2H3,(H,24,26)/t11?,12-,16?,17-,18?,20?/m0/s1. The molecule has 6 N–H and O–H groups in total. The predicted octanol–water partition coefficient (Wildman–Crippen LogP) is 0.200. The number of methoxy groups -OCH3 is 1. The summed E-state index contributed by atoms with van der Waals surface area (Å²) in [6, 6.07) is 2.19. The Balaban J connectivity index is 2.08. The molecule has 1 saturated heterocycles. The first-order valence-corrected chi connectivity index (χ1v) is 11.0. The number of fused-ring (bicyclic) bond motifs is 1. The van der Waals surface area contributed by atoms with Crippen molar-refractivity contribution in [2.24, 2.45) is 0 Å². The van der Waals surface area contributed by atoms with Crippen molar-refractivity contribution in [3.8, 4) is 5.75 Å². The third kappa shape index (κ3) is 4.97. The minimum absolute atomic E-state index is 0.0859. The molecule has 33 heavy (non-hydrogen) atoms. The number of ether oxygens (including phenoxy) is 3. The van der Waals surface area contributed by atoms with Crippen LogP contribution in [-0.4, -0.2) is 87.2 Å². The van der Waals surface area contributed by atoms with Gasteiger partial charge in [0, 0.05) is 17.6 Å². The van der Waals surface area contributed by atoms with Gasteiger partial charge in [-0.05, 0) is 28.1 Å². The molecule has 0 spiro atoms. The minimum Gasteiger partial charge on any atom is -0.464 e. The first-order chi connectivity index (χ1) is 15.5. The SMILES string of the molecule is COC(=O)C1(Oc2c[nH]c3ccc(Br)c(Cl)c23)CC(O)C(NC(C)=O)C([C@@H](O)[C@@H](O)CO)O1. The number of esters is 1. The van der Waals surface area contributed by atoms with E-state index in [1.807, 2.05) is 0 Å². The van der Waals surface area contributed by atoms with Crippen LogP contribution in [0, 0.1) is 0 Å². The summed E-state index contributed by atoms with van der Waals surface area (Å²) in [6.07, 6.45) is -5.62. The van der Waals surface area contributed by atoms with E-state index in [-0.39, 0.29) is 10.8 Å². The molecule has 2 heterocycles. The maximum Gasteiger partial charge on any atom is 0.379 e. The van der Waals surface area contributed by atoms with Crippen LogP contribution in [0.25, 0.3) is 10.9 Å². The van der Waals surface area contributed by atoms with Crippen LogP contribution in [0.1, 0.15) is 13.3 Å². The van der Waals surface area contributed by atoms with Crippen molar-refractivity contribution in [1.29, 1.82) is 0 Å². The fourth-order valence-corrected chi connectivity index (χ4v) is 4.35. The summed E-state index contributed by atoms with van der Waals surface area (Å²) < 4.78 is 17.2. The highest BCUT2D eigenvalue weighted by atomic mass is 79.9. The first-order valence-electron chi connectivity index (χ1n) is 9.87. The lowest BCUT2D eigenvalue weighted by atomic mass is 9.88. The molecule has 0 saturated carbocycles. The summed E-state index contributed by atoms with van der Waals surface area (Å²) in [7, 11) is 1.08. The number of H-pyrrole nitrogens is 1. The zero-order valence-electron chi connectivity index (χ0n) is 17.6. The number of aromatic nitrogens is 1. The first kappa shape index (κ1) is 25.7. The number of hydrogen-bond donors (Lipinski definition) is 6. The summed E-state index contributed by atoms with van der Waals surface area (Å²) in [5.41, 5.74) is 0.581. The van der Waals surface area contributed by atoms with Gasteiger partial charge in [0.15, 0.2) is 5.75 Å². The van der Waals surface area contributed by atoms with Crippen LogP contribution >= 0.6 is 27.5 Å². The van der Waals surface area contributed by atoms with Gasteiger partial charge in [0.25, 0.3) is 0 Å². The van der Waals surface area contributed by atoms with E-state index in [0.29, 0.717) is 15.4 Å². The molecule has 0 aliphatic carbocycles. The van der Waals surface area contributed by atoms with Crippen molar-refractivity contribution in [3.05, 3.63) is 27.8 Å². The third-order valence-electron chi connectivity index (χ3n) is 5.33. The van der Waals surface area contributed by atoms with Crippen molar-refractivity contribution in [2.75, 3.05) is 13.7 Å². The molecule has 0 bridgehead atoms. The predicted molar refractivity (Wildman–Crippen MR) is 119 cm³/mol. The average Bonchev–Trinajstić information content (AvgIpc) is 3.19. The number of nitrogens with one attached hydrogen (secondary N) is 2. The average molecular weight is 552 g/mol. The Morgan fingerprint density at radius 1 is 1.42 bits per heavy atom. The van der Waals surface area contributed by atoms with Gasteiger partial charge in [-0.2, -0.15) is 0 Å². The van der Waals surface area contributed by atoms with Gasteiger partial charge >= 0.3 is 11.8 Å². The molecule has 182 valence electrons. The lowest BCUT2D eigenvalue weighted by Crippen LogP contribution is -2.68. The van der Waals surface area contributed by atoms with Crippen molar-refractivity contribution in [1.82, 2.24) is 10.3 Å². The molecule has 13 heteroatoms. The molecule has 1 amide bonds. The molecule has 1 aliphatic heterocycles. The van der Waals surface area contributed by atoms with E-state index in [1.165, 1.54) is 13.1 Å². The lowest BCUT2D eigenvalue weighted by molar-refractivity contribution is -0.285. The van der Waals surface area contributed by atoms with E-state index in [4.69, 9.17) is 25.8 Å². The van der Waals surface area contributed by atoms with E-state index in [2.05, 4.69) is 26.2 Å². The van der Waals surface area contributed by atoms with Crippen LogP contribution in [0.4, 0.5) is 0 Å². The Bertz CT molecular complexity index is 1030. The second-order valence-corrected chi connectivity index (χ2v) is 8.84. The molecule has 6 atom stereocenters. The molecular formula is C20H24BrClN2O9. The zero-order valence-corrected chi connectivity index (χ0v) is 20.0. The highest BCUT2D eigenvalue weighted by Gasteiger charge is 2.57. The molecule has 0 radical (unpaired) electrons. The van der Waals surface area contributed by atoms with Crippen molar-refractivity contribution in [2.45, 2.75) is 49.6 Å². The van der Waals surface area contributed by atoms with Gasteiger partial charge in [0.1, 0.15) is 18.3 Å². The van der Waals surface area contributed by atoms with Gasteiger partial charge in [0.2, 0.25) is 5.91 Å². The number of hydrogen-bond acceptors (Lipinski definition) is 9. The Morgan fingerprint density at radius 3 is 2.73 bits per heavy atom. The molecule has 1 aliphatic rings. The van der Waals surface area contributed by atoms with Crippen LogP contribution < -0.4 is 10.1 Å². The molecule has 4 unspecified atom stereocenters. The van der Waals surface area contributed by atoms with Gasteiger partial charge in [-0.1, -0.05) is 11.6 Å². The summed E-state index contributed by atoms with van der Waals surface area (Å²) in [5, 5.41) is 43.8. The van der Waals surface area contributed by atoms with Crippen LogP contribution in [0.15, 0.2) is 22.8 Å². The van der Waals surface area contributed by atoms with E-state index >= 15 is 0 Å². The monoisotopic (exact) mass is 550 g/mol. The highest BCUT2D eigenvalue weighted by molar-refractivity contribution is 9.10. The number of halogens is 2. The molecule has 3 rings (SSSR count). The summed E-state index contributed by atoms with van der Waals surface area (Å²) >= 11 is 9.72. The molecule has 11 nitrogen and oxygen atoms in total. The number of amides is 1. The van der Waals surface area contributed by atoms with Gasteiger partial charge in [-0.3, -0.25) is 4.79 Å². The number of carbonyl (C=O) groups excluding carboxylic acids is 2. The lowest BCUT2D eigenvalue weighted by Gasteiger charge is -2.46. The number of aliphatic hydroxyl groups excluding tert-OH is 4. The largest absolute Gasteiger partial charge is 0.464 e. The summed E-state index contributed by atoms with van der Waals surface area (Å²) in [6.45, 7) is 0.338. The summed E-state index contributed by atoms with van der Waals surface area (Å²) in [5.74, 6) is -3.80. The van der Waals surface area contributed by atoms with E-state index < -0.39 is 61.1 Å². The van der Waals surface area contributed by atoms with Crippen molar-refractivity contribution >= 4 is 50.3 Å². The number of carbonyl (C=O) groups is 2. The number of aliphatic hydroxyl groups is 4. The number of aromatic amines is 1. The van der Waals surface area contributed by atoms with Gasteiger partial charge < -0.3 is 44.9 Å². The fourth-order valence-electron chi connectivity index (χ4n) is 3.76. The van der Waals surface area contributed by atoms with E-state index in [1.54, 1.807) is 12.1 Å². The number of rotatable bonds is 7. The zero-order chi connectivity index (χ0) is 24.5.